The van der Waals surface area contributed by atoms with Gasteiger partial charge in [0.2, 0.25) is 5.13 Å². The number of aromatic amines is 1. The predicted molar refractivity (Wildman–Crippen MR) is 67.4 cm³/mol. The van der Waals surface area contributed by atoms with E-state index in [1.165, 1.54) is 11.3 Å². The summed E-state index contributed by atoms with van der Waals surface area (Å²) in [5.74, 6) is 0.518. The van der Waals surface area contributed by atoms with E-state index in [9.17, 15) is 4.79 Å². The Morgan fingerprint density at radius 1 is 1.75 bits per heavy atom. The number of hydrogen-bond donors (Lipinski definition) is 3. The summed E-state index contributed by atoms with van der Waals surface area (Å²) in [7, 11) is 0. The van der Waals surface area contributed by atoms with E-state index >= 15 is 0 Å². The Hall–Kier alpha value is -1.28. The van der Waals surface area contributed by atoms with Gasteiger partial charge in [0.05, 0.1) is 0 Å². The minimum atomic E-state index is -0.433. The lowest BCUT2D eigenvalue weighted by Gasteiger charge is -1.99. The Labute approximate surface area is 102 Å². The highest BCUT2D eigenvalue weighted by molar-refractivity contribution is 7.73. The molecule has 0 bridgehead atoms. The first-order chi connectivity index (χ1) is 7.58. The Kier molecular flexibility index (Phi) is 5.06. The molecule has 3 N–H and O–H groups in total. The normalized spacial score (nSPS) is 10.9. The Morgan fingerprint density at radius 3 is 3.06 bits per heavy atom. The predicted octanol–water partition coefficient (Wildman–Crippen LogP) is 2.35. The fraction of sp³-hybridized carbons (Fsp3) is 0.500. The van der Waals surface area contributed by atoms with Crippen LogP contribution in [0.2, 0.25) is 0 Å². The zero-order chi connectivity index (χ0) is 12.0. The average Bonchev–Trinajstić information content (AvgIpc) is 2.58. The lowest BCUT2D eigenvalue weighted by Crippen LogP contribution is -2.24. The second-order valence-electron chi connectivity index (χ2n) is 3.43. The Balaban J connectivity index is 2.31. The molecule has 1 aromatic heterocycles. The molecule has 0 unspecified atom stereocenters. The fourth-order valence-corrected chi connectivity index (χ4v) is 1.56. The van der Waals surface area contributed by atoms with Crippen molar-refractivity contribution in [2.75, 3.05) is 5.32 Å². The molecule has 0 saturated heterocycles. The maximum absolute atomic E-state index is 11.2. The topological polar surface area (TPSA) is 82.2 Å². The largest absolute Gasteiger partial charge is 0.341 e. The molecule has 0 atom stereocenters. The molecule has 0 saturated carbocycles. The number of hydrazone groups is 1. The number of amides is 2. The van der Waals surface area contributed by atoms with Crippen molar-refractivity contribution in [3.8, 4) is 0 Å². The summed E-state index contributed by atoms with van der Waals surface area (Å²) < 4.78 is 0.513. The quantitative estimate of drug-likeness (QED) is 0.441. The smallest absolute Gasteiger partial charge is 0.281 e. The lowest BCUT2D eigenvalue weighted by atomic mass is 10.2. The summed E-state index contributed by atoms with van der Waals surface area (Å²) >= 11 is 6.00. The van der Waals surface area contributed by atoms with Crippen molar-refractivity contribution in [1.29, 1.82) is 0 Å². The van der Waals surface area contributed by atoms with Crippen LogP contribution in [0.1, 0.15) is 20.3 Å². The number of hydrogen-bond acceptors (Lipinski definition) is 5. The molecule has 2 amide bonds. The number of nitrogens with zero attached hydrogens (tertiary/aromatic N) is 2. The van der Waals surface area contributed by atoms with Gasteiger partial charge in [-0.25, -0.2) is 10.2 Å². The molecule has 0 spiro atoms. The second kappa shape index (κ2) is 6.33. The van der Waals surface area contributed by atoms with Crippen LogP contribution in [0.4, 0.5) is 9.93 Å². The monoisotopic (exact) mass is 259 g/mol. The minimum absolute atomic E-state index is 0.418. The van der Waals surface area contributed by atoms with Crippen LogP contribution in [-0.4, -0.2) is 22.4 Å². The second-order valence-corrected chi connectivity index (χ2v) is 5.09. The summed E-state index contributed by atoms with van der Waals surface area (Å²) in [4.78, 5) is 11.2. The van der Waals surface area contributed by atoms with Crippen molar-refractivity contribution in [2.24, 2.45) is 11.0 Å². The standard InChI is InChI=1S/C8H13N5OS2/c1-5(2)3-4-9-11-6(14)10-7-12-13-8(15)16-7/h4-5H,3H2,1-2H3,(H,13,15)(H2,10,11,12,14)/b9-4+. The van der Waals surface area contributed by atoms with Gasteiger partial charge in [-0.05, 0) is 24.6 Å². The third kappa shape index (κ3) is 4.99. The first kappa shape index (κ1) is 12.8. The zero-order valence-corrected chi connectivity index (χ0v) is 10.6. The molecule has 6 nitrogen and oxygen atoms in total. The van der Waals surface area contributed by atoms with E-state index in [2.05, 4.69) is 39.9 Å². The van der Waals surface area contributed by atoms with E-state index in [0.717, 1.165) is 6.42 Å². The van der Waals surface area contributed by atoms with E-state index in [4.69, 9.17) is 12.2 Å². The number of anilines is 1. The van der Waals surface area contributed by atoms with Gasteiger partial charge in [-0.2, -0.15) is 5.10 Å². The van der Waals surface area contributed by atoms with E-state index < -0.39 is 6.03 Å². The summed E-state index contributed by atoms with van der Waals surface area (Å²) in [6, 6.07) is -0.433. The number of carbonyl (C=O) groups excluding carboxylic acids is 1. The highest BCUT2D eigenvalue weighted by Crippen LogP contribution is 2.09. The van der Waals surface area contributed by atoms with Gasteiger partial charge in [-0.3, -0.25) is 10.4 Å². The molecule has 0 aliphatic rings. The fourth-order valence-electron chi connectivity index (χ4n) is 0.776. The third-order valence-electron chi connectivity index (χ3n) is 1.49. The van der Waals surface area contributed by atoms with Crippen molar-refractivity contribution in [3.05, 3.63) is 3.95 Å². The van der Waals surface area contributed by atoms with Crippen LogP contribution in [0, 0.1) is 9.87 Å². The van der Waals surface area contributed by atoms with E-state index in [1.54, 1.807) is 6.21 Å². The molecular formula is C8H13N5OS2. The Morgan fingerprint density at radius 2 is 2.50 bits per heavy atom. The van der Waals surface area contributed by atoms with Crippen molar-refractivity contribution in [1.82, 2.24) is 15.6 Å². The molecule has 1 heterocycles. The summed E-state index contributed by atoms with van der Waals surface area (Å²) in [5, 5.41) is 13.0. The van der Waals surface area contributed by atoms with Crippen molar-refractivity contribution in [3.63, 3.8) is 0 Å². The van der Waals surface area contributed by atoms with Gasteiger partial charge in [-0.1, -0.05) is 25.2 Å². The van der Waals surface area contributed by atoms with Crippen LogP contribution in [-0.2, 0) is 0 Å². The molecule has 8 heteroatoms. The lowest BCUT2D eigenvalue weighted by molar-refractivity contribution is 0.252. The third-order valence-corrected chi connectivity index (χ3v) is 2.50. The van der Waals surface area contributed by atoms with Crippen LogP contribution in [0.25, 0.3) is 0 Å². The average molecular weight is 259 g/mol. The van der Waals surface area contributed by atoms with E-state index in [-0.39, 0.29) is 0 Å². The van der Waals surface area contributed by atoms with Crippen LogP contribution in [0.15, 0.2) is 5.10 Å². The molecule has 0 fully saturated rings. The van der Waals surface area contributed by atoms with Crippen LogP contribution >= 0.6 is 23.6 Å². The summed E-state index contributed by atoms with van der Waals surface area (Å²) in [6.45, 7) is 4.14. The molecule has 16 heavy (non-hydrogen) atoms. The first-order valence-electron chi connectivity index (χ1n) is 4.72. The molecule has 0 aliphatic heterocycles. The minimum Gasteiger partial charge on any atom is -0.281 e. The summed E-state index contributed by atoms with van der Waals surface area (Å²) in [5.41, 5.74) is 2.33. The molecule has 0 aliphatic carbocycles. The van der Waals surface area contributed by atoms with E-state index in [1.807, 2.05) is 0 Å². The number of urea groups is 1. The van der Waals surface area contributed by atoms with Gasteiger partial charge in [0.15, 0.2) is 3.95 Å². The molecule has 1 rings (SSSR count). The van der Waals surface area contributed by atoms with Crippen LogP contribution < -0.4 is 10.7 Å². The molecule has 1 aromatic rings. The number of rotatable bonds is 4. The number of aromatic nitrogens is 2. The van der Waals surface area contributed by atoms with Gasteiger partial charge < -0.3 is 0 Å². The number of H-pyrrole nitrogens is 1. The van der Waals surface area contributed by atoms with Crippen LogP contribution in [0.5, 0.6) is 0 Å². The van der Waals surface area contributed by atoms with Gasteiger partial charge in [-0.15, -0.1) is 5.10 Å². The van der Waals surface area contributed by atoms with Crippen molar-refractivity contribution >= 4 is 40.9 Å². The van der Waals surface area contributed by atoms with Gasteiger partial charge in [0.1, 0.15) is 0 Å². The van der Waals surface area contributed by atoms with Gasteiger partial charge in [0, 0.05) is 6.21 Å². The zero-order valence-electron chi connectivity index (χ0n) is 8.98. The molecule has 88 valence electrons. The maximum Gasteiger partial charge on any atom is 0.341 e. The van der Waals surface area contributed by atoms with Crippen molar-refractivity contribution < 1.29 is 4.79 Å². The SMILES string of the molecule is CC(C)C/C=N/NC(=O)Nc1n[nH]c(=S)s1. The highest BCUT2D eigenvalue weighted by atomic mass is 32.1. The summed E-state index contributed by atoms with van der Waals surface area (Å²) in [6.07, 6.45) is 2.48. The van der Waals surface area contributed by atoms with E-state index in [0.29, 0.717) is 15.0 Å². The van der Waals surface area contributed by atoms with Gasteiger partial charge >= 0.3 is 6.03 Å². The Bertz CT molecular complexity index is 422. The van der Waals surface area contributed by atoms with Gasteiger partial charge in [0.25, 0.3) is 0 Å². The first-order valence-corrected chi connectivity index (χ1v) is 5.94. The van der Waals surface area contributed by atoms with Crippen molar-refractivity contribution in [2.45, 2.75) is 20.3 Å². The number of carbonyl (C=O) groups is 1. The molecule has 0 radical (unpaired) electrons. The highest BCUT2D eigenvalue weighted by Gasteiger charge is 2.02. The maximum atomic E-state index is 11.2. The van der Waals surface area contributed by atoms with Crippen LogP contribution in [0.3, 0.4) is 0 Å². The molecule has 0 aromatic carbocycles. The molecular weight excluding hydrogens is 246 g/mol. The number of nitrogens with one attached hydrogen (secondary N) is 3.